The summed E-state index contributed by atoms with van der Waals surface area (Å²) < 4.78 is 10.5. The summed E-state index contributed by atoms with van der Waals surface area (Å²) in [6, 6.07) is 13.0. The highest BCUT2D eigenvalue weighted by Crippen LogP contribution is 2.33. The van der Waals surface area contributed by atoms with Gasteiger partial charge in [0.15, 0.2) is 11.5 Å². The van der Waals surface area contributed by atoms with Crippen LogP contribution in [0.25, 0.3) is 0 Å². The second-order valence-electron chi connectivity index (χ2n) is 5.12. The van der Waals surface area contributed by atoms with Crippen LogP contribution in [0, 0.1) is 0 Å². The highest BCUT2D eigenvalue weighted by Gasteiger charge is 2.15. The van der Waals surface area contributed by atoms with Crippen molar-refractivity contribution in [3.05, 3.63) is 53.1 Å². The fraction of sp³-hybridized carbons (Fsp3) is 0.278. The van der Waals surface area contributed by atoms with Gasteiger partial charge in [0, 0.05) is 16.5 Å². The zero-order chi connectivity index (χ0) is 17.5. The van der Waals surface area contributed by atoms with E-state index in [9.17, 15) is 4.79 Å². The molecule has 0 fully saturated rings. The Labute approximate surface area is 151 Å². The zero-order valence-electron chi connectivity index (χ0n) is 13.8. The van der Waals surface area contributed by atoms with E-state index >= 15 is 0 Å². The summed E-state index contributed by atoms with van der Waals surface area (Å²) >= 11 is 7.32. The molecule has 2 rings (SSSR count). The van der Waals surface area contributed by atoms with Gasteiger partial charge >= 0.3 is 0 Å². The van der Waals surface area contributed by atoms with Crippen molar-refractivity contribution in [1.82, 2.24) is 5.32 Å². The van der Waals surface area contributed by atoms with Crippen molar-refractivity contribution in [3.8, 4) is 11.5 Å². The molecule has 0 aromatic heterocycles. The predicted octanol–water partition coefficient (Wildman–Crippen LogP) is 4.15. The van der Waals surface area contributed by atoms with Gasteiger partial charge in [0.1, 0.15) is 0 Å². The molecule has 128 valence electrons. The number of amides is 1. The Morgan fingerprint density at radius 1 is 1.12 bits per heavy atom. The molecule has 1 atom stereocenters. The van der Waals surface area contributed by atoms with E-state index in [0.717, 1.165) is 10.5 Å². The molecular formula is C18H20ClNO3S. The molecule has 2 aromatic rings. The maximum atomic E-state index is 12.3. The van der Waals surface area contributed by atoms with Crippen molar-refractivity contribution in [2.45, 2.75) is 23.6 Å². The number of benzene rings is 2. The molecule has 0 saturated heterocycles. The summed E-state index contributed by atoms with van der Waals surface area (Å²) in [5.74, 6) is 1.29. The number of rotatable bonds is 7. The van der Waals surface area contributed by atoms with E-state index in [2.05, 4.69) is 5.32 Å². The summed E-state index contributed by atoms with van der Waals surface area (Å²) in [5, 5.41) is 3.39. The zero-order valence-corrected chi connectivity index (χ0v) is 15.4. The van der Waals surface area contributed by atoms with Crippen molar-refractivity contribution >= 4 is 29.3 Å². The third-order valence-electron chi connectivity index (χ3n) is 3.42. The number of carbonyl (C=O) groups excluding carboxylic acids is 1. The third kappa shape index (κ3) is 5.08. The molecule has 0 radical (unpaired) electrons. The third-order valence-corrected chi connectivity index (χ3v) is 4.76. The summed E-state index contributed by atoms with van der Waals surface area (Å²) in [5.41, 5.74) is 1.01. The first-order valence-electron chi connectivity index (χ1n) is 7.44. The lowest BCUT2D eigenvalue weighted by Gasteiger charge is -2.14. The van der Waals surface area contributed by atoms with Gasteiger partial charge in [0.05, 0.1) is 19.5 Å². The maximum Gasteiger partial charge on any atom is 0.233 e. The molecule has 0 spiro atoms. The van der Waals surface area contributed by atoms with Crippen LogP contribution in [0.4, 0.5) is 0 Å². The lowest BCUT2D eigenvalue weighted by Crippen LogP contribution is -2.30. The molecule has 1 N–H and O–H groups in total. The topological polar surface area (TPSA) is 47.6 Å². The summed E-state index contributed by atoms with van der Waals surface area (Å²) in [6.45, 7) is 2.35. The Balaban J connectivity index is 1.92. The molecule has 0 saturated carbocycles. The van der Waals surface area contributed by atoms with Crippen LogP contribution in [-0.4, -0.2) is 25.4 Å². The molecule has 0 heterocycles. The number of carbonyl (C=O) groups is 1. The molecule has 0 aliphatic carbocycles. The SMILES string of the molecule is COc1ccc(S[C@@H](C)C(=O)NCc2ccc(Cl)cc2)cc1OC. The number of thioether (sulfide) groups is 1. The van der Waals surface area contributed by atoms with Crippen LogP contribution < -0.4 is 14.8 Å². The van der Waals surface area contributed by atoms with Crippen molar-refractivity contribution in [2.75, 3.05) is 14.2 Å². The fourth-order valence-corrected chi connectivity index (χ4v) is 3.13. The van der Waals surface area contributed by atoms with Gasteiger partial charge in [0.25, 0.3) is 0 Å². The molecule has 6 heteroatoms. The highest BCUT2D eigenvalue weighted by molar-refractivity contribution is 8.00. The van der Waals surface area contributed by atoms with Crippen LogP contribution in [0.2, 0.25) is 5.02 Å². The molecule has 0 aliphatic rings. The largest absolute Gasteiger partial charge is 0.493 e. The normalized spacial score (nSPS) is 11.7. The summed E-state index contributed by atoms with van der Waals surface area (Å²) in [7, 11) is 3.19. The van der Waals surface area contributed by atoms with Gasteiger partial charge in [-0.2, -0.15) is 0 Å². The minimum atomic E-state index is -0.226. The van der Waals surface area contributed by atoms with E-state index in [1.165, 1.54) is 11.8 Å². The maximum absolute atomic E-state index is 12.3. The van der Waals surface area contributed by atoms with E-state index in [-0.39, 0.29) is 11.2 Å². The van der Waals surface area contributed by atoms with Crippen molar-refractivity contribution in [1.29, 1.82) is 0 Å². The average Bonchev–Trinajstić information content (AvgIpc) is 2.60. The van der Waals surface area contributed by atoms with Gasteiger partial charge in [-0.05, 0) is 42.8 Å². The number of hydrogen-bond donors (Lipinski definition) is 1. The fourth-order valence-electron chi connectivity index (χ4n) is 2.08. The first kappa shape index (κ1) is 18.5. The predicted molar refractivity (Wildman–Crippen MR) is 98.2 cm³/mol. The molecule has 4 nitrogen and oxygen atoms in total. The lowest BCUT2D eigenvalue weighted by atomic mass is 10.2. The molecule has 1 amide bonds. The first-order valence-corrected chi connectivity index (χ1v) is 8.70. The standard InChI is InChI=1S/C18H20ClNO3S/c1-12(18(21)20-11-13-4-6-14(19)7-5-13)24-15-8-9-16(22-2)17(10-15)23-3/h4-10,12H,11H2,1-3H3,(H,20,21)/t12-/m0/s1. The monoisotopic (exact) mass is 365 g/mol. The number of ether oxygens (including phenoxy) is 2. The lowest BCUT2D eigenvalue weighted by molar-refractivity contribution is -0.120. The van der Waals surface area contributed by atoms with E-state index in [1.807, 2.05) is 49.4 Å². The molecule has 0 bridgehead atoms. The minimum absolute atomic E-state index is 0.0234. The minimum Gasteiger partial charge on any atom is -0.493 e. The van der Waals surface area contributed by atoms with Crippen LogP contribution >= 0.6 is 23.4 Å². The van der Waals surface area contributed by atoms with E-state index in [4.69, 9.17) is 21.1 Å². The van der Waals surface area contributed by atoms with Gasteiger partial charge in [-0.15, -0.1) is 11.8 Å². The van der Waals surface area contributed by atoms with Crippen LogP contribution in [0.1, 0.15) is 12.5 Å². The average molecular weight is 366 g/mol. The van der Waals surface area contributed by atoms with Gasteiger partial charge in [-0.1, -0.05) is 23.7 Å². The van der Waals surface area contributed by atoms with Gasteiger partial charge in [0.2, 0.25) is 5.91 Å². The highest BCUT2D eigenvalue weighted by atomic mass is 35.5. The van der Waals surface area contributed by atoms with E-state index in [1.54, 1.807) is 14.2 Å². The van der Waals surface area contributed by atoms with E-state index in [0.29, 0.717) is 23.1 Å². The second kappa shape index (κ2) is 8.85. The van der Waals surface area contributed by atoms with Gasteiger partial charge in [-0.3, -0.25) is 4.79 Å². The van der Waals surface area contributed by atoms with Crippen LogP contribution in [0.15, 0.2) is 47.4 Å². The smallest absolute Gasteiger partial charge is 0.233 e. The number of halogens is 1. The molecule has 2 aromatic carbocycles. The van der Waals surface area contributed by atoms with Crippen molar-refractivity contribution in [2.24, 2.45) is 0 Å². The molecule has 0 unspecified atom stereocenters. The Hall–Kier alpha value is -1.85. The van der Waals surface area contributed by atoms with Crippen LogP contribution in [-0.2, 0) is 11.3 Å². The Morgan fingerprint density at radius 3 is 2.42 bits per heavy atom. The summed E-state index contributed by atoms with van der Waals surface area (Å²) in [6.07, 6.45) is 0. The molecule has 24 heavy (non-hydrogen) atoms. The summed E-state index contributed by atoms with van der Waals surface area (Å²) in [4.78, 5) is 13.2. The van der Waals surface area contributed by atoms with E-state index < -0.39 is 0 Å². The number of nitrogens with one attached hydrogen (secondary N) is 1. The van der Waals surface area contributed by atoms with Crippen LogP contribution in [0.3, 0.4) is 0 Å². The number of hydrogen-bond acceptors (Lipinski definition) is 4. The van der Waals surface area contributed by atoms with Gasteiger partial charge < -0.3 is 14.8 Å². The Bertz CT molecular complexity index is 691. The van der Waals surface area contributed by atoms with Crippen molar-refractivity contribution in [3.63, 3.8) is 0 Å². The van der Waals surface area contributed by atoms with Crippen LogP contribution in [0.5, 0.6) is 11.5 Å². The molecule has 0 aliphatic heterocycles. The first-order chi connectivity index (χ1) is 11.5. The van der Waals surface area contributed by atoms with Gasteiger partial charge in [-0.25, -0.2) is 0 Å². The Kier molecular flexibility index (Phi) is 6.82. The second-order valence-corrected chi connectivity index (χ2v) is 6.97. The van der Waals surface area contributed by atoms with Crippen molar-refractivity contribution < 1.29 is 14.3 Å². The molecular weight excluding hydrogens is 346 g/mol. The quantitative estimate of drug-likeness (QED) is 0.748. The Morgan fingerprint density at radius 2 is 1.79 bits per heavy atom. The number of methoxy groups -OCH3 is 2.